The lowest BCUT2D eigenvalue weighted by Gasteiger charge is -2.09. The second kappa shape index (κ2) is 5.35. The molecule has 1 fully saturated rings. The topological polar surface area (TPSA) is 38.3 Å². The predicted molar refractivity (Wildman–Crippen MR) is 56.0 cm³/mol. The van der Waals surface area contributed by atoms with Gasteiger partial charge in [-0.05, 0) is 18.8 Å². The Morgan fingerprint density at radius 1 is 1.64 bits per heavy atom. The van der Waals surface area contributed by atoms with Crippen LogP contribution in [0.3, 0.4) is 0 Å². The van der Waals surface area contributed by atoms with Gasteiger partial charge < -0.3 is 10.1 Å². The molecule has 3 heteroatoms. The number of hydrogen-bond donors (Lipinski definition) is 1. The normalized spacial score (nSPS) is 27.1. The summed E-state index contributed by atoms with van der Waals surface area (Å²) in [6.07, 6.45) is 3.85. The van der Waals surface area contributed by atoms with E-state index in [0.29, 0.717) is 6.04 Å². The molecular weight excluding hydrogens is 178 g/mol. The van der Waals surface area contributed by atoms with Gasteiger partial charge in [0, 0.05) is 12.6 Å². The maximum atomic E-state index is 11.1. The molecule has 0 heterocycles. The number of hydrogen-bond acceptors (Lipinski definition) is 3. The molecule has 1 saturated carbocycles. The standard InChI is InChI=1S/C11H21NO2/c1-4-5-9-6-10(9)12-7-8(2)11(13)14-3/h8-10,12H,4-7H2,1-3H3. The lowest BCUT2D eigenvalue weighted by Crippen LogP contribution is -2.29. The lowest BCUT2D eigenvalue weighted by molar-refractivity contribution is -0.144. The van der Waals surface area contributed by atoms with Crippen LogP contribution in [0.5, 0.6) is 0 Å². The first-order chi connectivity index (χ1) is 6.69. The second-order valence-electron chi connectivity index (χ2n) is 4.22. The lowest BCUT2D eigenvalue weighted by atomic mass is 10.2. The molecule has 0 radical (unpaired) electrons. The second-order valence-corrected chi connectivity index (χ2v) is 4.22. The first kappa shape index (κ1) is 11.5. The van der Waals surface area contributed by atoms with Crippen molar-refractivity contribution in [2.45, 2.75) is 39.2 Å². The fourth-order valence-corrected chi connectivity index (χ4v) is 1.80. The van der Waals surface area contributed by atoms with Crippen LogP contribution in [0.15, 0.2) is 0 Å². The minimum Gasteiger partial charge on any atom is -0.469 e. The van der Waals surface area contributed by atoms with Crippen LogP contribution >= 0.6 is 0 Å². The van der Waals surface area contributed by atoms with Crippen molar-refractivity contribution in [1.29, 1.82) is 0 Å². The van der Waals surface area contributed by atoms with Gasteiger partial charge in [-0.25, -0.2) is 0 Å². The number of ether oxygens (including phenoxy) is 1. The monoisotopic (exact) mass is 199 g/mol. The molecule has 0 aromatic heterocycles. The van der Waals surface area contributed by atoms with Crippen molar-refractivity contribution in [3.8, 4) is 0 Å². The predicted octanol–water partition coefficient (Wildman–Crippen LogP) is 1.57. The van der Waals surface area contributed by atoms with Crippen LogP contribution < -0.4 is 5.32 Å². The number of carbonyl (C=O) groups excluding carboxylic acids is 1. The summed E-state index contributed by atoms with van der Waals surface area (Å²) in [5.41, 5.74) is 0. The molecule has 3 atom stereocenters. The molecule has 1 aliphatic carbocycles. The summed E-state index contributed by atoms with van der Waals surface area (Å²) in [4.78, 5) is 11.1. The van der Waals surface area contributed by atoms with Crippen LogP contribution in [0.4, 0.5) is 0 Å². The van der Waals surface area contributed by atoms with E-state index in [2.05, 4.69) is 17.0 Å². The summed E-state index contributed by atoms with van der Waals surface area (Å²) in [5.74, 6) is 0.706. The zero-order valence-electron chi connectivity index (χ0n) is 9.38. The molecule has 0 aromatic carbocycles. The highest BCUT2D eigenvalue weighted by atomic mass is 16.5. The van der Waals surface area contributed by atoms with Crippen molar-refractivity contribution in [2.75, 3.05) is 13.7 Å². The van der Waals surface area contributed by atoms with E-state index in [1.807, 2.05) is 6.92 Å². The number of carbonyl (C=O) groups is 1. The maximum Gasteiger partial charge on any atom is 0.309 e. The molecule has 1 aliphatic rings. The van der Waals surface area contributed by atoms with Gasteiger partial charge in [-0.1, -0.05) is 20.3 Å². The number of rotatable bonds is 6. The molecule has 82 valence electrons. The Labute approximate surface area is 86.2 Å². The highest BCUT2D eigenvalue weighted by Gasteiger charge is 2.35. The number of methoxy groups -OCH3 is 1. The third-order valence-corrected chi connectivity index (χ3v) is 2.87. The van der Waals surface area contributed by atoms with Gasteiger partial charge in [0.1, 0.15) is 0 Å². The van der Waals surface area contributed by atoms with E-state index in [-0.39, 0.29) is 11.9 Å². The van der Waals surface area contributed by atoms with Crippen molar-refractivity contribution in [1.82, 2.24) is 5.32 Å². The zero-order chi connectivity index (χ0) is 10.6. The Morgan fingerprint density at radius 2 is 2.36 bits per heavy atom. The van der Waals surface area contributed by atoms with E-state index in [4.69, 9.17) is 0 Å². The third kappa shape index (κ3) is 3.29. The summed E-state index contributed by atoms with van der Waals surface area (Å²) >= 11 is 0. The van der Waals surface area contributed by atoms with Gasteiger partial charge in [-0.2, -0.15) is 0 Å². The smallest absolute Gasteiger partial charge is 0.309 e. The first-order valence-electron chi connectivity index (χ1n) is 5.50. The average Bonchev–Trinajstić information content (AvgIpc) is 2.92. The van der Waals surface area contributed by atoms with Crippen molar-refractivity contribution in [3.05, 3.63) is 0 Å². The third-order valence-electron chi connectivity index (χ3n) is 2.87. The SMILES string of the molecule is CCCC1CC1NCC(C)C(=O)OC. The number of nitrogens with one attached hydrogen (secondary N) is 1. The van der Waals surface area contributed by atoms with Crippen LogP contribution in [-0.2, 0) is 9.53 Å². The molecule has 0 bridgehead atoms. The Balaban J connectivity index is 2.07. The van der Waals surface area contributed by atoms with E-state index >= 15 is 0 Å². The van der Waals surface area contributed by atoms with E-state index < -0.39 is 0 Å². The van der Waals surface area contributed by atoms with Gasteiger partial charge in [-0.3, -0.25) is 4.79 Å². The molecule has 1 N–H and O–H groups in total. The van der Waals surface area contributed by atoms with Gasteiger partial charge in [0.05, 0.1) is 13.0 Å². The van der Waals surface area contributed by atoms with Crippen LogP contribution in [0.2, 0.25) is 0 Å². The van der Waals surface area contributed by atoms with Gasteiger partial charge >= 0.3 is 5.97 Å². The first-order valence-corrected chi connectivity index (χ1v) is 5.50. The minimum atomic E-state index is -0.120. The van der Waals surface area contributed by atoms with Gasteiger partial charge in [-0.15, -0.1) is 0 Å². The molecule has 0 aromatic rings. The fourth-order valence-electron chi connectivity index (χ4n) is 1.80. The Hall–Kier alpha value is -0.570. The van der Waals surface area contributed by atoms with E-state index in [9.17, 15) is 4.79 Å². The highest BCUT2D eigenvalue weighted by molar-refractivity contribution is 5.72. The van der Waals surface area contributed by atoms with E-state index in [1.54, 1.807) is 0 Å². The fraction of sp³-hybridized carbons (Fsp3) is 0.909. The van der Waals surface area contributed by atoms with Crippen LogP contribution in [0.1, 0.15) is 33.1 Å². The van der Waals surface area contributed by atoms with E-state index in [1.165, 1.54) is 26.4 Å². The van der Waals surface area contributed by atoms with Crippen molar-refractivity contribution < 1.29 is 9.53 Å². The van der Waals surface area contributed by atoms with Crippen molar-refractivity contribution >= 4 is 5.97 Å². The molecule has 0 spiro atoms. The molecular formula is C11H21NO2. The van der Waals surface area contributed by atoms with E-state index in [0.717, 1.165) is 12.5 Å². The largest absolute Gasteiger partial charge is 0.469 e. The molecule has 3 nitrogen and oxygen atoms in total. The summed E-state index contributed by atoms with van der Waals surface area (Å²) in [5, 5.41) is 3.41. The molecule has 3 unspecified atom stereocenters. The Bertz CT molecular complexity index is 194. The summed E-state index contributed by atoms with van der Waals surface area (Å²) in [7, 11) is 1.44. The summed E-state index contributed by atoms with van der Waals surface area (Å²) in [6.45, 7) is 4.86. The van der Waals surface area contributed by atoms with Crippen molar-refractivity contribution in [2.24, 2.45) is 11.8 Å². The average molecular weight is 199 g/mol. The molecule has 14 heavy (non-hydrogen) atoms. The Morgan fingerprint density at radius 3 is 2.93 bits per heavy atom. The molecule has 0 saturated heterocycles. The molecule has 1 rings (SSSR count). The summed E-state index contributed by atoms with van der Waals surface area (Å²) in [6, 6.07) is 0.655. The van der Waals surface area contributed by atoms with Crippen LogP contribution in [0.25, 0.3) is 0 Å². The highest BCUT2D eigenvalue weighted by Crippen LogP contribution is 2.34. The molecule has 0 amide bonds. The quantitative estimate of drug-likeness (QED) is 0.660. The minimum absolute atomic E-state index is 0.0251. The van der Waals surface area contributed by atoms with Crippen LogP contribution in [-0.4, -0.2) is 25.7 Å². The maximum absolute atomic E-state index is 11.1. The van der Waals surface area contributed by atoms with Gasteiger partial charge in [0.15, 0.2) is 0 Å². The van der Waals surface area contributed by atoms with Gasteiger partial charge in [0.25, 0.3) is 0 Å². The van der Waals surface area contributed by atoms with Gasteiger partial charge in [0.2, 0.25) is 0 Å². The number of esters is 1. The molecule has 0 aliphatic heterocycles. The zero-order valence-corrected chi connectivity index (χ0v) is 9.38. The summed E-state index contributed by atoms with van der Waals surface area (Å²) < 4.78 is 4.66. The Kier molecular flexibility index (Phi) is 4.39. The van der Waals surface area contributed by atoms with Crippen LogP contribution in [0, 0.1) is 11.8 Å². The van der Waals surface area contributed by atoms with Crippen molar-refractivity contribution in [3.63, 3.8) is 0 Å².